The number of imidazole rings is 1. The van der Waals surface area contributed by atoms with Gasteiger partial charge in [0.25, 0.3) is 0 Å². The summed E-state index contributed by atoms with van der Waals surface area (Å²) in [7, 11) is 0. The molecule has 2 rings (SSSR count). The van der Waals surface area contributed by atoms with Crippen LogP contribution in [-0.2, 0) is 0 Å². The predicted molar refractivity (Wildman–Crippen MR) is 57.9 cm³/mol. The molecule has 1 aromatic heterocycles. The van der Waals surface area contributed by atoms with E-state index in [-0.39, 0.29) is 0 Å². The fraction of sp³-hybridized carbons (Fsp3) is 0.375. The quantitative estimate of drug-likeness (QED) is 0.557. The Morgan fingerprint density at radius 2 is 2.23 bits per heavy atom. The standard InChI is InChI=1S/C3H6N2S.C3H4N2.C2H6/c6-5-2-1-4-3-5;1-2-5-3-4-1;1-2/h1-2,4,6H,3H2;1-3H,(H,4,5);1-2H3. The average molecular weight is 200 g/mol. The van der Waals surface area contributed by atoms with Gasteiger partial charge in [0.05, 0.1) is 13.0 Å². The third kappa shape index (κ3) is 7.27. The van der Waals surface area contributed by atoms with Gasteiger partial charge in [-0.2, -0.15) is 0 Å². The van der Waals surface area contributed by atoms with E-state index in [0.717, 1.165) is 6.67 Å². The molecule has 5 heteroatoms. The van der Waals surface area contributed by atoms with Crippen molar-refractivity contribution >= 4 is 12.8 Å². The summed E-state index contributed by atoms with van der Waals surface area (Å²) in [6.07, 6.45) is 8.80. The van der Waals surface area contributed by atoms with Crippen LogP contribution < -0.4 is 5.32 Å². The van der Waals surface area contributed by atoms with Crippen molar-refractivity contribution in [1.29, 1.82) is 0 Å². The van der Waals surface area contributed by atoms with Crippen molar-refractivity contribution in [3.63, 3.8) is 0 Å². The first-order chi connectivity index (χ1) is 6.39. The molecule has 0 spiro atoms. The maximum Gasteiger partial charge on any atom is 0.0972 e. The second kappa shape index (κ2) is 8.99. The highest BCUT2D eigenvalue weighted by Gasteiger charge is 1.91. The molecule has 0 radical (unpaired) electrons. The molecule has 0 atom stereocenters. The Kier molecular flexibility index (Phi) is 8.23. The summed E-state index contributed by atoms with van der Waals surface area (Å²) in [5, 5.41) is 2.94. The average Bonchev–Trinajstić information content (AvgIpc) is 2.81. The van der Waals surface area contributed by atoms with Crippen molar-refractivity contribution in [2.75, 3.05) is 6.67 Å². The van der Waals surface area contributed by atoms with Gasteiger partial charge in [-0.05, 0) is 0 Å². The van der Waals surface area contributed by atoms with E-state index >= 15 is 0 Å². The Balaban J connectivity index is 0.000000189. The van der Waals surface area contributed by atoms with Gasteiger partial charge < -0.3 is 14.6 Å². The molecule has 2 heterocycles. The van der Waals surface area contributed by atoms with Gasteiger partial charge in [-0.25, -0.2) is 4.98 Å². The molecule has 0 fully saturated rings. The Labute approximate surface area is 84.6 Å². The first-order valence-electron chi connectivity index (χ1n) is 4.18. The monoisotopic (exact) mass is 200 g/mol. The minimum atomic E-state index is 0.823. The topological polar surface area (TPSA) is 44.0 Å². The van der Waals surface area contributed by atoms with Crippen molar-refractivity contribution in [1.82, 2.24) is 19.6 Å². The number of aromatic nitrogens is 2. The summed E-state index contributed by atoms with van der Waals surface area (Å²) in [6, 6.07) is 0. The van der Waals surface area contributed by atoms with E-state index < -0.39 is 0 Å². The molecule has 1 aromatic rings. The fourth-order valence-corrected chi connectivity index (χ4v) is 0.701. The van der Waals surface area contributed by atoms with Gasteiger partial charge in [-0.3, -0.25) is 0 Å². The number of hydrogen-bond acceptors (Lipinski definition) is 4. The summed E-state index contributed by atoms with van der Waals surface area (Å²) < 4.78 is 1.76. The van der Waals surface area contributed by atoms with Gasteiger partial charge in [0, 0.05) is 24.8 Å². The maximum atomic E-state index is 3.98. The predicted octanol–water partition coefficient (Wildman–Crippen LogP) is 1.60. The molecule has 0 bridgehead atoms. The van der Waals surface area contributed by atoms with E-state index in [9.17, 15) is 0 Å². The minimum absolute atomic E-state index is 0.823. The highest BCUT2D eigenvalue weighted by atomic mass is 32.1. The van der Waals surface area contributed by atoms with Crippen LogP contribution in [-0.4, -0.2) is 20.9 Å². The van der Waals surface area contributed by atoms with E-state index in [4.69, 9.17) is 0 Å². The van der Waals surface area contributed by atoms with Crippen LogP contribution in [0.4, 0.5) is 0 Å². The van der Waals surface area contributed by atoms with Crippen molar-refractivity contribution in [3.8, 4) is 0 Å². The highest BCUT2D eigenvalue weighted by molar-refractivity contribution is 7.77. The molecule has 1 aliphatic rings. The lowest BCUT2D eigenvalue weighted by atomic mass is 11.0. The number of thiol groups is 1. The number of nitrogens with one attached hydrogen (secondary N) is 2. The number of rotatable bonds is 0. The fourth-order valence-electron chi connectivity index (χ4n) is 0.553. The summed E-state index contributed by atoms with van der Waals surface area (Å²) in [5.74, 6) is 0. The molecule has 74 valence electrons. The third-order valence-corrected chi connectivity index (χ3v) is 1.30. The minimum Gasteiger partial charge on any atom is -0.372 e. The zero-order valence-corrected chi connectivity index (χ0v) is 8.83. The summed E-state index contributed by atoms with van der Waals surface area (Å²) in [4.78, 5) is 6.42. The maximum absolute atomic E-state index is 3.98. The molecule has 4 nitrogen and oxygen atoms in total. The molecule has 2 N–H and O–H groups in total. The molecular weight excluding hydrogens is 184 g/mol. The van der Waals surface area contributed by atoms with Gasteiger partial charge in [0.15, 0.2) is 0 Å². The normalized spacial score (nSPS) is 12.1. The van der Waals surface area contributed by atoms with Crippen LogP contribution in [0, 0.1) is 0 Å². The lowest BCUT2D eigenvalue weighted by molar-refractivity contribution is 0.640. The lowest BCUT2D eigenvalue weighted by Gasteiger charge is -2.00. The van der Waals surface area contributed by atoms with Crippen LogP contribution >= 0.6 is 12.8 Å². The highest BCUT2D eigenvalue weighted by Crippen LogP contribution is 1.94. The van der Waals surface area contributed by atoms with Crippen LogP contribution in [0.5, 0.6) is 0 Å². The van der Waals surface area contributed by atoms with Gasteiger partial charge >= 0.3 is 0 Å². The lowest BCUT2D eigenvalue weighted by Crippen LogP contribution is -2.09. The number of nitrogens with zero attached hydrogens (tertiary/aromatic N) is 2. The van der Waals surface area contributed by atoms with Crippen molar-refractivity contribution in [3.05, 3.63) is 31.1 Å². The molecule has 0 aliphatic carbocycles. The first kappa shape index (κ1) is 11.9. The van der Waals surface area contributed by atoms with E-state index in [2.05, 4.69) is 28.1 Å². The van der Waals surface area contributed by atoms with E-state index in [1.54, 1.807) is 23.0 Å². The Morgan fingerprint density at radius 3 is 2.38 bits per heavy atom. The second-order valence-electron chi connectivity index (χ2n) is 1.88. The van der Waals surface area contributed by atoms with Crippen LogP contribution in [0.3, 0.4) is 0 Å². The second-order valence-corrected chi connectivity index (χ2v) is 2.39. The third-order valence-electron chi connectivity index (χ3n) is 1.02. The SMILES string of the molecule is CC.SN1C=CNC1.c1c[nH]cn1. The smallest absolute Gasteiger partial charge is 0.0972 e. The summed E-state index contributed by atoms with van der Waals surface area (Å²) in [6.45, 7) is 4.82. The molecule has 0 aromatic carbocycles. The summed E-state index contributed by atoms with van der Waals surface area (Å²) >= 11 is 3.98. The van der Waals surface area contributed by atoms with Crippen LogP contribution in [0.2, 0.25) is 0 Å². The number of aromatic amines is 1. The zero-order valence-electron chi connectivity index (χ0n) is 7.94. The molecule has 0 saturated heterocycles. The van der Waals surface area contributed by atoms with Gasteiger partial charge in [-0.15, -0.1) is 0 Å². The van der Waals surface area contributed by atoms with Gasteiger partial charge in [0.2, 0.25) is 0 Å². The Hall–Kier alpha value is -1.10. The number of hydrogen-bond donors (Lipinski definition) is 3. The molecule has 0 unspecified atom stereocenters. The van der Waals surface area contributed by atoms with Crippen molar-refractivity contribution < 1.29 is 0 Å². The molecule has 0 amide bonds. The van der Waals surface area contributed by atoms with Crippen LogP contribution in [0.15, 0.2) is 31.1 Å². The van der Waals surface area contributed by atoms with Gasteiger partial charge in [0.1, 0.15) is 0 Å². The molecular formula is C8H16N4S. The van der Waals surface area contributed by atoms with Gasteiger partial charge in [-0.1, -0.05) is 26.7 Å². The van der Waals surface area contributed by atoms with Crippen LogP contribution in [0.1, 0.15) is 13.8 Å². The van der Waals surface area contributed by atoms with Crippen molar-refractivity contribution in [2.45, 2.75) is 13.8 Å². The largest absolute Gasteiger partial charge is 0.372 e. The first-order valence-corrected chi connectivity index (χ1v) is 4.58. The molecule has 0 saturated carbocycles. The van der Waals surface area contributed by atoms with E-state index in [0.29, 0.717) is 0 Å². The summed E-state index contributed by atoms with van der Waals surface area (Å²) in [5.41, 5.74) is 0. The number of H-pyrrole nitrogens is 1. The van der Waals surface area contributed by atoms with Crippen molar-refractivity contribution in [2.24, 2.45) is 0 Å². The van der Waals surface area contributed by atoms with Crippen LogP contribution in [0.25, 0.3) is 0 Å². The van der Waals surface area contributed by atoms with E-state index in [1.807, 2.05) is 26.2 Å². The molecule has 1 aliphatic heterocycles. The Bertz CT molecular complexity index is 181. The molecule has 13 heavy (non-hydrogen) atoms. The zero-order chi connectivity index (χ0) is 9.94. The Morgan fingerprint density at radius 1 is 1.46 bits per heavy atom. The van der Waals surface area contributed by atoms with E-state index in [1.165, 1.54) is 0 Å².